The zero-order valence-electron chi connectivity index (χ0n) is 12.1. The maximum absolute atomic E-state index is 5.77. The number of nitrogens with zero attached hydrogens (tertiary/aromatic N) is 2. The van der Waals surface area contributed by atoms with Crippen molar-refractivity contribution in [3.05, 3.63) is 18.0 Å². The lowest BCUT2D eigenvalue weighted by molar-refractivity contribution is -0.0720. The first-order valence-corrected chi connectivity index (χ1v) is 7.17. The Morgan fingerprint density at radius 2 is 2.42 bits per heavy atom. The maximum Gasteiger partial charge on any atom is 0.0936 e. The Balaban J connectivity index is 1.72. The van der Waals surface area contributed by atoms with Gasteiger partial charge in [0.1, 0.15) is 0 Å². The average Bonchev–Trinajstić information content (AvgIpc) is 2.87. The first kappa shape index (κ1) is 14.5. The number of rotatable bonds is 6. The summed E-state index contributed by atoms with van der Waals surface area (Å²) >= 11 is 0. The van der Waals surface area contributed by atoms with Crippen molar-refractivity contribution < 1.29 is 9.47 Å². The van der Waals surface area contributed by atoms with Crippen LogP contribution in [0.1, 0.15) is 38.9 Å². The first-order chi connectivity index (χ1) is 9.19. The number of aromatic nitrogens is 2. The topological polar surface area (TPSA) is 48.3 Å². The highest BCUT2D eigenvalue weighted by Crippen LogP contribution is 2.10. The van der Waals surface area contributed by atoms with Gasteiger partial charge in [0, 0.05) is 25.3 Å². The van der Waals surface area contributed by atoms with Gasteiger partial charge in [-0.1, -0.05) is 6.92 Å². The molecule has 108 valence electrons. The van der Waals surface area contributed by atoms with Crippen LogP contribution >= 0.6 is 0 Å². The van der Waals surface area contributed by atoms with Gasteiger partial charge in [-0.05, 0) is 26.3 Å². The second kappa shape index (κ2) is 7.03. The van der Waals surface area contributed by atoms with Gasteiger partial charge in [-0.25, -0.2) is 0 Å². The van der Waals surface area contributed by atoms with Crippen LogP contribution in [0, 0.1) is 0 Å². The van der Waals surface area contributed by atoms with Gasteiger partial charge in [-0.15, -0.1) is 0 Å². The third-order valence-electron chi connectivity index (χ3n) is 3.49. The number of ether oxygens (including phenoxy) is 2. The summed E-state index contributed by atoms with van der Waals surface area (Å²) < 4.78 is 13.5. The lowest BCUT2D eigenvalue weighted by Gasteiger charge is -2.28. The fourth-order valence-corrected chi connectivity index (χ4v) is 2.15. The summed E-state index contributed by atoms with van der Waals surface area (Å²) in [5.41, 5.74) is 0.983. The molecule has 1 aliphatic rings. The number of nitrogens with one attached hydrogen (secondary N) is 1. The molecule has 19 heavy (non-hydrogen) atoms. The second-order valence-electron chi connectivity index (χ2n) is 5.29. The van der Waals surface area contributed by atoms with Crippen LogP contribution in [0.25, 0.3) is 0 Å². The summed E-state index contributed by atoms with van der Waals surface area (Å²) in [4.78, 5) is 0. The van der Waals surface area contributed by atoms with Crippen molar-refractivity contribution in [2.45, 2.75) is 52.0 Å². The molecule has 0 saturated carbocycles. The summed E-state index contributed by atoms with van der Waals surface area (Å²) in [5, 5.41) is 7.85. The van der Waals surface area contributed by atoms with Gasteiger partial charge in [0.15, 0.2) is 0 Å². The fraction of sp³-hybridized carbons (Fsp3) is 0.786. The van der Waals surface area contributed by atoms with Gasteiger partial charge in [0.05, 0.1) is 31.1 Å². The number of morpholine rings is 1. The van der Waals surface area contributed by atoms with E-state index in [1.165, 1.54) is 0 Å². The molecule has 3 atom stereocenters. The molecule has 2 heterocycles. The zero-order valence-corrected chi connectivity index (χ0v) is 12.1. The van der Waals surface area contributed by atoms with E-state index < -0.39 is 0 Å². The molecular formula is C14H25N3O2. The Hall–Kier alpha value is -0.910. The summed E-state index contributed by atoms with van der Waals surface area (Å²) in [6, 6.07) is 2.47. The standard InChI is InChI=1S/C14H25N3O2/c1-4-11(2)17-6-5-13(16-17)9-18-10-14-8-15-7-12(3)19-14/h5-6,11-12,14-15H,4,7-10H2,1-3H3. The molecule has 0 amide bonds. The summed E-state index contributed by atoms with van der Waals surface area (Å²) in [6.45, 7) is 9.37. The van der Waals surface area contributed by atoms with Crippen molar-refractivity contribution in [2.75, 3.05) is 19.7 Å². The molecule has 1 saturated heterocycles. The molecule has 3 unspecified atom stereocenters. The van der Waals surface area contributed by atoms with Gasteiger partial charge < -0.3 is 14.8 Å². The van der Waals surface area contributed by atoms with E-state index in [1.54, 1.807) is 0 Å². The Kier molecular flexibility index (Phi) is 5.36. The van der Waals surface area contributed by atoms with Crippen LogP contribution in [0.15, 0.2) is 12.3 Å². The molecule has 0 aromatic carbocycles. The molecular weight excluding hydrogens is 242 g/mol. The minimum absolute atomic E-state index is 0.153. The van der Waals surface area contributed by atoms with Crippen LogP contribution < -0.4 is 5.32 Å². The van der Waals surface area contributed by atoms with Gasteiger partial charge >= 0.3 is 0 Å². The van der Waals surface area contributed by atoms with Gasteiger partial charge in [-0.2, -0.15) is 5.10 Å². The molecule has 1 fully saturated rings. The van der Waals surface area contributed by atoms with Crippen molar-refractivity contribution in [1.82, 2.24) is 15.1 Å². The Morgan fingerprint density at radius 3 is 3.16 bits per heavy atom. The molecule has 5 nitrogen and oxygen atoms in total. The van der Waals surface area contributed by atoms with Crippen molar-refractivity contribution in [2.24, 2.45) is 0 Å². The molecule has 0 bridgehead atoms. The minimum atomic E-state index is 0.153. The molecule has 2 rings (SSSR count). The molecule has 1 aromatic heterocycles. The summed E-state index contributed by atoms with van der Waals surface area (Å²) in [5.74, 6) is 0. The van der Waals surface area contributed by atoms with E-state index in [0.29, 0.717) is 19.3 Å². The van der Waals surface area contributed by atoms with E-state index in [1.807, 2.05) is 16.9 Å². The first-order valence-electron chi connectivity index (χ1n) is 7.17. The van der Waals surface area contributed by atoms with Crippen LogP contribution in [0.5, 0.6) is 0 Å². The van der Waals surface area contributed by atoms with E-state index in [9.17, 15) is 0 Å². The molecule has 5 heteroatoms. The summed E-state index contributed by atoms with van der Waals surface area (Å²) in [6.07, 6.45) is 3.53. The van der Waals surface area contributed by atoms with Gasteiger partial charge in [-0.3, -0.25) is 4.68 Å². The monoisotopic (exact) mass is 267 g/mol. The highest BCUT2D eigenvalue weighted by atomic mass is 16.5. The smallest absolute Gasteiger partial charge is 0.0936 e. The average molecular weight is 267 g/mol. The highest BCUT2D eigenvalue weighted by Gasteiger charge is 2.18. The summed E-state index contributed by atoms with van der Waals surface area (Å²) in [7, 11) is 0. The quantitative estimate of drug-likeness (QED) is 0.853. The lowest BCUT2D eigenvalue weighted by atomic mass is 10.2. The molecule has 1 N–H and O–H groups in total. The van der Waals surface area contributed by atoms with Crippen LogP contribution in [0.4, 0.5) is 0 Å². The third kappa shape index (κ3) is 4.30. The van der Waals surface area contributed by atoms with Crippen LogP contribution in [-0.2, 0) is 16.1 Å². The Morgan fingerprint density at radius 1 is 1.58 bits per heavy atom. The van der Waals surface area contributed by atoms with E-state index in [2.05, 4.69) is 31.2 Å². The molecule has 1 aromatic rings. The zero-order chi connectivity index (χ0) is 13.7. The van der Waals surface area contributed by atoms with Crippen LogP contribution in [0.2, 0.25) is 0 Å². The van der Waals surface area contributed by atoms with E-state index in [4.69, 9.17) is 9.47 Å². The normalized spacial score (nSPS) is 25.4. The predicted molar refractivity (Wildman–Crippen MR) is 74.1 cm³/mol. The molecule has 1 aliphatic heterocycles. The minimum Gasteiger partial charge on any atom is -0.372 e. The second-order valence-corrected chi connectivity index (χ2v) is 5.29. The van der Waals surface area contributed by atoms with Crippen molar-refractivity contribution >= 4 is 0 Å². The molecule has 0 spiro atoms. The van der Waals surface area contributed by atoms with Gasteiger partial charge in [0.2, 0.25) is 0 Å². The Bertz CT molecular complexity index is 381. The maximum atomic E-state index is 5.77. The van der Waals surface area contributed by atoms with E-state index in [0.717, 1.165) is 25.2 Å². The van der Waals surface area contributed by atoms with Crippen molar-refractivity contribution in [3.63, 3.8) is 0 Å². The fourth-order valence-electron chi connectivity index (χ4n) is 2.15. The number of hydrogen-bond donors (Lipinski definition) is 1. The van der Waals surface area contributed by atoms with E-state index >= 15 is 0 Å². The Labute approximate surface area is 115 Å². The predicted octanol–water partition coefficient (Wildman–Crippen LogP) is 1.75. The molecule has 0 aliphatic carbocycles. The van der Waals surface area contributed by atoms with Gasteiger partial charge in [0.25, 0.3) is 0 Å². The van der Waals surface area contributed by atoms with Crippen molar-refractivity contribution in [3.8, 4) is 0 Å². The third-order valence-corrected chi connectivity index (χ3v) is 3.49. The number of hydrogen-bond acceptors (Lipinski definition) is 4. The highest BCUT2D eigenvalue weighted by molar-refractivity contribution is 4.97. The SMILES string of the molecule is CCC(C)n1ccc(COCC2CNCC(C)O2)n1. The lowest BCUT2D eigenvalue weighted by Crippen LogP contribution is -2.45. The largest absolute Gasteiger partial charge is 0.372 e. The molecule has 0 radical (unpaired) electrons. The van der Waals surface area contributed by atoms with Crippen LogP contribution in [-0.4, -0.2) is 41.7 Å². The van der Waals surface area contributed by atoms with Crippen LogP contribution in [0.3, 0.4) is 0 Å². The van der Waals surface area contributed by atoms with E-state index in [-0.39, 0.29) is 12.2 Å². The van der Waals surface area contributed by atoms with Crippen molar-refractivity contribution in [1.29, 1.82) is 0 Å².